The van der Waals surface area contributed by atoms with E-state index in [-0.39, 0.29) is 17.9 Å². The topological polar surface area (TPSA) is 62.3 Å². The average molecular weight is 436 g/mol. The minimum Gasteiger partial charge on any atom is -0.497 e. The third kappa shape index (κ3) is 4.21. The van der Waals surface area contributed by atoms with Crippen LogP contribution in [-0.2, 0) is 9.59 Å². The zero-order chi connectivity index (χ0) is 22.8. The molecule has 2 aliphatic rings. The Labute approximate surface area is 188 Å². The number of anilines is 1. The predicted octanol–water partition coefficient (Wildman–Crippen LogP) is 3.01. The molecular weight excluding hydrogens is 406 g/mol. The third-order valence-electron chi connectivity index (χ3n) is 5.71. The van der Waals surface area contributed by atoms with Crippen molar-refractivity contribution in [1.29, 1.82) is 0 Å². The molecule has 0 atom stereocenters. The molecule has 2 aliphatic heterocycles. The van der Waals surface area contributed by atoms with Gasteiger partial charge >= 0.3 is 0 Å². The fourth-order valence-corrected chi connectivity index (χ4v) is 4.06. The van der Waals surface area contributed by atoms with E-state index in [9.17, 15) is 9.59 Å². The number of hydrogen-bond donors (Lipinski definition) is 0. The monoisotopic (exact) mass is 435 g/mol. The maximum absolute atomic E-state index is 13.6. The zero-order valence-corrected chi connectivity index (χ0v) is 19.0. The van der Waals surface area contributed by atoms with Crippen molar-refractivity contribution in [3.63, 3.8) is 0 Å². The molecule has 0 N–H and O–H groups in total. The van der Waals surface area contributed by atoms with Gasteiger partial charge in [-0.25, -0.2) is 4.90 Å². The van der Waals surface area contributed by atoms with Gasteiger partial charge in [-0.15, -0.1) is 0 Å². The van der Waals surface area contributed by atoms with E-state index >= 15 is 0 Å². The number of methoxy groups -OCH3 is 1. The maximum atomic E-state index is 13.6. The number of imide groups is 1. The molecule has 168 valence electrons. The number of hydrogen-bond acceptors (Lipinski definition) is 6. The molecule has 2 aromatic carbocycles. The summed E-state index contributed by atoms with van der Waals surface area (Å²) in [7, 11) is 3.62. The molecule has 0 aromatic heterocycles. The summed E-state index contributed by atoms with van der Waals surface area (Å²) in [6.45, 7) is 6.97. The summed E-state index contributed by atoms with van der Waals surface area (Å²) >= 11 is 0. The molecule has 7 heteroatoms. The Bertz CT molecular complexity index is 1040. The van der Waals surface area contributed by atoms with E-state index in [2.05, 4.69) is 11.9 Å². The molecular formula is C25H29N3O4. The van der Waals surface area contributed by atoms with Crippen LogP contribution in [0.5, 0.6) is 11.5 Å². The van der Waals surface area contributed by atoms with Gasteiger partial charge in [-0.3, -0.25) is 9.59 Å². The molecule has 4 rings (SSSR count). The van der Waals surface area contributed by atoms with E-state index < -0.39 is 0 Å². The van der Waals surface area contributed by atoms with Gasteiger partial charge in [-0.1, -0.05) is 18.2 Å². The van der Waals surface area contributed by atoms with Gasteiger partial charge in [0.25, 0.3) is 11.8 Å². The van der Waals surface area contributed by atoms with Crippen molar-refractivity contribution in [2.24, 2.45) is 0 Å². The Morgan fingerprint density at radius 2 is 1.56 bits per heavy atom. The van der Waals surface area contributed by atoms with Crippen molar-refractivity contribution < 1.29 is 19.1 Å². The molecule has 2 amide bonds. The van der Waals surface area contributed by atoms with Crippen molar-refractivity contribution in [3.05, 3.63) is 59.8 Å². The summed E-state index contributed by atoms with van der Waals surface area (Å²) in [5, 5.41) is 0. The third-order valence-corrected chi connectivity index (χ3v) is 5.71. The van der Waals surface area contributed by atoms with Gasteiger partial charge in [-0.2, -0.15) is 0 Å². The largest absolute Gasteiger partial charge is 0.497 e. The van der Waals surface area contributed by atoms with Crippen LogP contribution in [0.15, 0.2) is 54.2 Å². The Kier molecular flexibility index (Phi) is 6.19. The quantitative estimate of drug-likeness (QED) is 0.650. The van der Waals surface area contributed by atoms with Crippen molar-refractivity contribution >= 4 is 23.1 Å². The summed E-state index contributed by atoms with van der Waals surface area (Å²) in [4.78, 5) is 32.8. The van der Waals surface area contributed by atoms with Gasteiger partial charge in [0.1, 0.15) is 17.2 Å². The highest BCUT2D eigenvalue weighted by atomic mass is 16.5. The van der Waals surface area contributed by atoms with E-state index in [1.807, 2.05) is 43.0 Å². The van der Waals surface area contributed by atoms with Crippen molar-refractivity contribution in [3.8, 4) is 11.5 Å². The lowest BCUT2D eigenvalue weighted by molar-refractivity contribution is -0.120. The Morgan fingerprint density at radius 3 is 2.19 bits per heavy atom. The van der Waals surface area contributed by atoms with Crippen LogP contribution in [0.1, 0.15) is 19.4 Å². The fourth-order valence-electron chi connectivity index (χ4n) is 4.06. The molecule has 0 radical (unpaired) electrons. The maximum Gasteiger partial charge on any atom is 0.282 e. The number of ether oxygens (including phenoxy) is 2. The van der Waals surface area contributed by atoms with Crippen molar-refractivity contribution in [1.82, 2.24) is 9.80 Å². The summed E-state index contributed by atoms with van der Waals surface area (Å²) in [5.74, 6) is 0.694. The first-order valence-electron chi connectivity index (χ1n) is 10.9. The fraction of sp³-hybridized carbons (Fsp3) is 0.360. The molecule has 1 saturated heterocycles. The van der Waals surface area contributed by atoms with Crippen molar-refractivity contribution in [2.45, 2.75) is 20.0 Å². The number of carbonyl (C=O) groups excluding carboxylic acids is 2. The van der Waals surface area contributed by atoms with E-state index in [0.717, 1.165) is 18.8 Å². The Morgan fingerprint density at radius 1 is 0.875 bits per heavy atom. The summed E-state index contributed by atoms with van der Waals surface area (Å²) < 4.78 is 11.0. The molecule has 0 saturated carbocycles. The van der Waals surface area contributed by atoms with Crippen LogP contribution in [0, 0.1) is 0 Å². The van der Waals surface area contributed by atoms with Crippen molar-refractivity contribution in [2.75, 3.05) is 45.2 Å². The van der Waals surface area contributed by atoms with Crippen LogP contribution >= 0.6 is 0 Å². The van der Waals surface area contributed by atoms with Gasteiger partial charge in [0.05, 0.1) is 24.5 Å². The summed E-state index contributed by atoms with van der Waals surface area (Å²) in [6.07, 6.45) is 0.0548. The molecule has 2 aromatic rings. The lowest BCUT2D eigenvalue weighted by Gasteiger charge is -2.34. The molecule has 0 bridgehead atoms. The van der Waals surface area contributed by atoms with Crippen LogP contribution in [0.25, 0.3) is 5.57 Å². The minimum atomic E-state index is -0.324. The lowest BCUT2D eigenvalue weighted by Crippen LogP contribution is -2.46. The van der Waals surface area contributed by atoms with Gasteiger partial charge in [-0.05, 0) is 50.7 Å². The predicted molar refractivity (Wildman–Crippen MR) is 124 cm³/mol. The number of carbonyl (C=O) groups is 2. The van der Waals surface area contributed by atoms with Gasteiger partial charge in [0.2, 0.25) is 0 Å². The molecule has 0 unspecified atom stereocenters. The first kappa shape index (κ1) is 21.9. The van der Waals surface area contributed by atoms with Gasteiger partial charge < -0.3 is 19.3 Å². The molecule has 2 heterocycles. The zero-order valence-electron chi connectivity index (χ0n) is 19.0. The van der Waals surface area contributed by atoms with E-state index in [1.54, 1.807) is 31.4 Å². The van der Waals surface area contributed by atoms with Crippen LogP contribution in [0.3, 0.4) is 0 Å². The second-order valence-corrected chi connectivity index (χ2v) is 8.35. The SMILES string of the molecule is COc1cccc(N2C(=O)C(c3ccc(OC(C)C)cc3)=C(N3CCN(C)CC3)C2=O)c1. The van der Waals surface area contributed by atoms with Gasteiger partial charge in [0, 0.05) is 32.2 Å². The van der Waals surface area contributed by atoms with E-state index in [0.29, 0.717) is 41.4 Å². The van der Waals surface area contributed by atoms with Gasteiger partial charge in [0.15, 0.2) is 0 Å². The highest BCUT2D eigenvalue weighted by Gasteiger charge is 2.43. The number of amides is 2. The first-order valence-corrected chi connectivity index (χ1v) is 10.9. The molecule has 32 heavy (non-hydrogen) atoms. The smallest absolute Gasteiger partial charge is 0.282 e. The Hall–Kier alpha value is -3.32. The average Bonchev–Trinajstić information content (AvgIpc) is 3.04. The molecule has 7 nitrogen and oxygen atoms in total. The van der Waals surface area contributed by atoms with Crippen LogP contribution < -0.4 is 14.4 Å². The molecule has 0 aliphatic carbocycles. The van der Waals surface area contributed by atoms with Crippen LogP contribution in [-0.4, -0.2) is 68.1 Å². The molecule has 0 spiro atoms. The number of benzene rings is 2. The Balaban J connectivity index is 1.76. The first-order chi connectivity index (χ1) is 15.4. The number of nitrogens with zero attached hydrogens (tertiary/aromatic N) is 3. The second-order valence-electron chi connectivity index (χ2n) is 8.35. The van der Waals surface area contributed by atoms with E-state index in [1.165, 1.54) is 4.90 Å². The summed E-state index contributed by atoms with van der Waals surface area (Å²) in [6, 6.07) is 14.4. The summed E-state index contributed by atoms with van der Waals surface area (Å²) in [5.41, 5.74) is 2.10. The highest BCUT2D eigenvalue weighted by Crippen LogP contribution is 2.36. The number of piperazine rings is 1. The second kappa shape index (κ2) is 9.04. The lowest BCUT2D eigenvalue weighted by atomic mass is 10.0. The van der Waals surface area contributed by atoms with E-state index in [4.69, 9.17) is 9.47 Å². The highest BCUT2D eigenvalue weighted by molar-refractivity contribution is 6.45. The standard InChI is InChI=1S/C25H29N3O4/c1-17(2)32-20-10-8-18(9-11-20)22-23(27-14-12-26(3)13-15-27)25(30)28(24(22)29)19-6-5-7-21(16-19)31-4/h5-11,16-17H,12-15H2,1-4H3. The molecule has 1 fully saturated rings. The van der Waals surface area contributed by atoms with Crippen LogP contribution in [0.4, 0.5) is 5.69 Å². The number of rotatable bonds is 6. The minimum absolute atomic E-state index is 0.0548. The van der Waals surface area contributed by atoms with Crippen LogP contribution in [0.2, 0.25) is 0 Å². The normalized spacial score (nSPS) is 17.5. The number of likely N-dealkylation sites (N-methyl/N-ethyl adjacent to an activating group) is 1.